The van der Waals surface area contributed by atoms with Crippen LogP contribution in [0.3, 0.4) is 0 Å². The summed E-state index contributed by atoms with van der Waals surface area (Å²) in [6.07, 6.45) is 1.85. The Morgan fingerprint density at radius 2 is 1.59 bits per heavy atom. The fourth-order valence-electron chi connectivity index (χ4n) is 3.99. The van der Waals surface area contributed by atoms with E-state index in [0.717, 1.165) is 33.8 Å². The van der Waals surface area contributed by atoms with Gasteiger partial charge >= 0.3 is 0 Å². The van der Waals surface area contributed by atoms with E-state index in [9.17, 15) is 9.59 Å². The lowest BCUT2D eigenvalue weighted by Crippen LogP contribution is -2.58. The zero-order valence-electron chi connectivity index (χ0n) is 16.8. The van der Waals surface area contributed by atoms with Gasteiger partial charge < -0.3 is 5.32 Å². The molecule has 4 rings (SSSR count). The number of aryl methyl sites for hydroxylation is 3. The van der Waals surface area contributed by atoms with Crippen molar-refractivity contribution in [2.45, 2.75) is 33.4 Å². The van der Waals surface area contributed by atoms with E-state index in [1.165, 1.54) is 0 Å². The van der Waals surface area contributed by atoms with Crippen LogP contribution in [0.15, 0.2) is 66.9 Å². The number of aromatic nitrogens is 1. The second kappa shape index (κ2) is 7.51. The highest BCUT2D eigenvalue weighted by atomic mass is 16.2. The molecule has 2 heterocycles. The fourth-order valence-corrected chi connectivity index (χ4v) is 3.99. The Morgan fingerprint density at radius 3 is 2.31 bits per heavy atom. The Kier molecular flexibility index (Phi) is 4.89. The largest absolute Gasteiger partial charge is 0.324 e. The second-order valence-corrected chi connectivity index (χ2v) is 7.46. The normalized spacial score (nSPS) is 15.8. The van der Waals surface area contributed by atoms with E-state index >= 15 is 0 Å². The molecule has 2 amide bonds. The van der Waals surface area contributed by atoms with Crippen molar-refractivity contribution in [1.29, 1.82) is 0 Å². The van der Waals surface area contributed by atoms with E-state index in [-0.39, 0.29) is 18.4 Å². The van der Waals surface area contributed by atoms with E-state index in [2.05, 4.69) is 5.32 Å². The molecule has 1 aliphatic heterocycles. The van der Waals surface area contributed by atoms with Gasteiger partial charge in [-0.15, -0.1) is 0 Å². The summed E-state index contributed by atoms with van der Waals surface area (Å²) in [7, 11) is 0. The van der Waals surface area contributed by atoms with Crippen LogP contribution in [0.25, 0.3) is 0 Å². The molecular formula is C24H24N3O2+. The molecule has 1 atom stereocenters. The van der Waals surface area contributed by atoms with Crippen molar-refractivity contribution in [3.05, 3.63) is 89.2 Å². The van der Waals surface area contributed by atoms with Crippen LogP contribution in [0, 0.1) is 20.8 Å². The predicted octanol–water partition coefficient (Wildman–Crippen LogP) is 3.63. The Labute approximate surface area is 170 Å². The molecule has 0 bridgehead atoms. The highest BCUT2D eigenvalue weighted by molar-refractivity contribution is 6.06. The third-order valence-electron chi connectivity index (χ3n) is 5.42. The summed E-state index contributed by atoms with van der Waals surface area (Å²) in [5.41, 5.74) is 5.26. The molecule has 0 saturated carbocycles. The van der Waals surface area contributed by atoms with Gasteiger partial charge in [0.15, 0.2) is 6.20 Å². The first kappa shape index (κ1) is 18.9. The summed E-state index contributed by atoms with van der Waals surface area (Å²) in [5.74, 6) is -0.328. The topological polar surface area (TPSA) is 53.3 Å². The summed E-state index contributed by atoms with van der Waals surface area (Å²) in [6.45, 7) is 6.10. The third kappa shape index (κ3) is 3.40. The van der Waals surface area contributed by atoms with E-state index in [1.54, 1.807) is 4.90 Å². The number of pyridine rings is 1. The number of benzene rings is 2. The molecule has 5 heteroatoms. The number of hydrogen-bond donors (Lipinski definition) is 1. The lowest BCUT2D eigenvalue weighted by atomic mass is 10.0. The minimum Gasteiger partial charge on any atom is -0.324 e. The zero-order valence-corrected chi connectivity index (χ0v) is 16.8. The van der Waals surface area contributed by atoms with Gasteiger partial charge in [0.05, 0.1) is 5.69 Å². The summed E-state index contributed by atoms with van der Waals surface area (Å²) in [6, 6.07) is 18.5. The Morgan fingerprint density at radius 1 is 0.931 bits per heavy atom. The van der Waals surface area contributed by atoms with Gasteiger partial charge in [0, 0.05) is 17.8 Å². The van der Waals surface area contributed by atoms with Crippen molar-refractivity contribution in [3.63, 3.8) is 0 Å². The van der Waals surface area contributed by atoms with Gasteiger partial charge in [-0.2, -0.15) is 4.57 Å². The lowest BCUT2D eigenvalue weighted by molar-refractivity contribution is -0.695. The van der Waals surface area contributed by atoms with Crippen LogP contribution < -0.4 is 14.8 Å². The average molecular weight is 386 g/mol. The molecule has 0 spiro atoms. The standard InChI is InChI=1S/C24H23N3O2/c1-16-9-4-5-12-19(16)25-24(29)23-20-13-6-7-14-26(20)15-21(28)27(23)22-17(2)10-8-11-18(22)3/h4-14,23H,15H2,1-3H3/p+1/t23-/m0/s1. The van der Waals surface area contributed by atoms with Crippen molar-refractivity contribution in [2.24, 2.45) is 0 Å². The second-order valence-electron chi connectivity index (χ2n) is 7.46. The molecule has 1 N–H and O–H groups in total. The molecule has 0 aliphatic carbocycles. The number of para-hydroxylation sites is 2. The number of rotatable bonds is 3. The maximum absolute atomic E-state index is 13.5. The van der Waals surface area contributed by atoms with E-state index in [1.807, 2.05) is 92.2 Å². The van der Waals surface area contributed by atoms with Gasteiger partial charge in [0.1, 0.15) is 0 Å². The monoisotopic (exact) mass is 386 g/mol. The first-order valence-corrected chi connectivity index (χ1v) is 9.70. The first-order chi connectivity index (χ1) is 14.0. The van der Waals surface area contributed by atoms with Crippen LogP contribution in [0.1, 0.15) is 28.4 Å². The number of nitrogens with one attached hydrogen (secondary N) is 1. The van der Waals surface area contributed by atoms with Crippen molar-refractivity contribution in [1.82, 2.24) is 0 Å². The first-order valence-electron chi connectivity index (χ1n) is 9.70. The molecule has 0 radical (unpaired) electrons. The summed E-state index contributed by atoms with van der Waals surface area (Å²) in [4.78, 5) is 28.4. The molecule has 0 unspecified atom stereocenters. The highest BCUT2D eigenvalue weighted by Gasteiger charge is 2.44. The van der Waals surface area contributed by atoms with Gasteiger partial charge in [-0.3, -0.25) is 14.5 Å². The van der Waals surface area contributed by atoms with E-state index in [4.69, 9.17) is 0 Å². The average Bonchev–Trinajstić information content (AvgIpc) is 2.69. The SMILES string of the molecule is Cc1ccccc1NC(=O)[C@@H]1c2cccc[n+]2CC(=O)N1c1c(C)cccc1C. The molecule has 1 aliphatic rings. The van der Waals surface area contributed by atoms with E-state index < -0.39 is 6.04 Å². The van der Waals surface area contributed by atoms with Crippen molar-refractivity contribution < 1.29 is 14.2 Å². The molecule has 2 aromatic carbocycles. The fraction of sp³-hybridized carbons (Fsp3) is 0.208. The van der Waals surface area contributed by atoms with Crippen molar-refractivity contribution in [2.75, 3.05) is 10.2 Å². The quantitative estimate of drug-likeness (QED) is 0.699. The third-order valence-corrected chi connectivity index (χ3v) is 5.42. The van der Waals surface area contributed by atoms with Crippen molar-refractivity contribution in [3.8, 4) is 0 Å². The number of hydrogen-bond acceptors (Lipinski definition) is 2. The van der Waals surface area contributed by atoms with Gasteiger partial charge in [0.25, 0.3) is 11.8 Å². The maximum Gasteiger partial charge on any atom is 0.294 e. The molecular weight excluding hydrogens is 362 g/mol. The van der Waals surface area contributed by atoms with Gasteiger partial charge in [-0.25, -0.2) is 0 Å². The number of amides is 2. The van der Waals surface area contributed by atoms with Gasteiger partial charge in [-0.05, 0) is 43.5 Å². The van der Waals surface area contributed by atoms with Crippen LogP contribution in [-0.4, -0.2) is 11.8 Å². The number of fused-ring (bicyclic) bond motifs is 1. The molecule has 0 fully saturated rings. The number of carbonyl (C=O) groups excluding carboxylic acids is 2. The van der Waals surface area contributed by atoms with Crippen LogP contribution >= 0.6 is 0 Å². The summed E-state index contributed by atoms with van der Waals surface area (Å²) >= 11 is 0. The molecule has 1 aromatic heterocycles. The van der Waals surface area contributed by atoms with Crippen LogP contribution in [-0.2, 0) is 16.1 Å². The van der Waals surface area contributed by atoms with Crippen LogP contribution in [0.4, 0.5) is 11.4 Å². The number of anilines is 2. The van der Waals surface area contributed by atoms with Crippen LogP contribution in [0.2, 0.25) is 0 Å². The van der Waals surface area contributed by atoms with Crippen molar-refractivity contribution >= 4 is 23.2 Å². The Balaban J connectivity index is 1.84. The van der Waals surface area contributed by atoms with Gasteiger partial charge in [-0.1, -0.05) is 42.5 Å². The molecule has 29 heavy (non-hydrogen) atoms. The number of nitrogens with zero attached hydrogens (tertiary/aromatic N) is 2. The maximum atomic E-state index is 13.5. The summed E-state index contributed by atoms with van der Waals surface area (Å²) < 4.78 is 1.86. The lowest BCUT2D eigenvalue weighted by Gasteiger charge is -2.34. The molecule has 3 aromatic rings. The highest BCUT2D eigenvalue weighted by Crippen LogP contribution is 2.34. The Bertz CT molecular complexity index is 1090. The minimum atomic E-state index is -0.753. The van der Waals surface area contributed by atoms with E-state index in [0.29, 0.717) is 0 Å². The molecule has 5 nitrogen and oxygen atoms in total. The molecule has 146 valence electrons. The smallest absolute Gasteiger partial charge is 0.294 e. The molecule has 0 saturated heterocycles. The zero-order chi connectivity index (χ0) is 20.5. The Hall–Kier alpha value is -3.47. The van der Waals surface area contributed by atoms with Gasteiger partial charge in [0.2, 0.25) is 18.3 Å². The van der Waals surface area contributed by atoms with Crippen LogP contribution in [0.5, 0.6) is 0 Å². The predicted molar refractivity (Wildman–Crippen MR) is 113 cm³/mol. The minimum absolute atomic E-state index is 0.101. The summed E-state index contributed by atoms with van der Waals surface area (Å²) in [5, 5.41) is 3.03. The number of carbonyl (C=O) groups is 2.